The Morgan fingerprint density at radius 1 is 0.871 bits per heavy atom. The summed E-state index contributed by atoms with van der Waals surface area (Å²) in [5.74, 6) is -0.939. The van der Waals surface area contributed by atoms with E-state index in [1.54, 1.807) is 12.1 Å². The van der Waals surface area contributed by atoms with Crippen LogP contribution in [0.1, 0.15) is 65.3 Å². The van der Waals surface area contributed by atoms with Crippen molar-refractivity contribution < 1.29 is 9.90 Å². The molecule has 3 aromatic carbocycles. The normalized spacial score (nSPS) is 11.3. The van der Waals surface area contributed by atoms with Gasteiger partial charge in [-0.15, -0.1) is 0 Å². The maximum Gasteiger partial charge on any atom is 0.335 e. The number of hydrogen-bond acceptors (Lipinski definition) is 2. The minimum absolute atomic E-state index is 0.0352. The highest BCUT2D eigenvalue weighted by Crippen LogP contribution is 2.31. The lowest BCUT2D eigenvalue weighted by Crippen LogP contribution is -2.12. The second-order valence-electron chi connectivity index (χ2n) is 8.05. The van der Waals surface area contributed by atoms with Gasteiger partial charge in [-0.05, 0) is 53.3 Å². The highest BCUT2D eigenvalue weighted by molar-refractivity contribution is 5.92. The molecule has 4 heteroatoms. The van der Waals surface area contributed by atoms with E-state index in [4.69, 9.17) is 0 Å². The van der Waals surface area contributed by atoms with Gasteiger partial charge in [0.2, 0.25) is 0 Å². The first-order valence-corrected chi connectivity index (χ1v) is 11.0. The quantitative estimate of drug-likeness (QED) is 0.371. The van der Waals surface area contributed by atoms with Crippen molar-refractivity contribution in [1.29, 1.82) is 0 Å². The van der Waals surface area contributed by atoms with Gasteiger partial charge < -0.3 is 9.67 Å². The lowest BCUT2D eigenvalue weighted by molar-refractivity contribution is 0.0697. The number of aromatic nitrogens is 2. The van der Waals surface area contributed by atoms with Gasteiger partial charge in [-0.3, -0.25) is 0 Å². The number of carboxylic acids is 1. The van der Waals surface area contributed by atoms with Crippen LogP contribution in [0.5, 0.6) is 0 Å². The summed E-state index contributed by atoms with van der Waals surface area (Å²) in [5, 5.41) is 9.32. The van der Waals surface area contributed by atoms with Crippen molar-refractivity contribution in [2.24, 2.45) is 0 Å². The van der Waals surface area contributed by atoms with Gasteiger partial charge in [0.1, 0.15) is 0 Å². The summed E-state index contributed by atoms with van der Waals surface area (Å²) in [6.07, 6.45) is 6.21. The van der Waals surface area contributed by atoms with Crippen molar-refractivity contribution in [2.45, 2.75) is 45.6 Å². The maximum atomic E-state index is 11.4. The number of aryl methyl sites for hydroxylation is 2. The van der Waals surface area contributed by atoms with E-state index in [1.165, 1.54) is 22.3 Å². The molecule has 0 aliphatic carbocycles. The summed E-state index contributed by atoms with van der Waals surface area (Å²) in [7, 11) is 0. The molecule has 4 rings (SSSR count). The van der Waals surface area contributed by atoms with Gasteiger partial charge in [-0.25, -0.2) is 9.78 Å². The van der Waals surface area contributed by atoms with Crippen molar-refractivity contribution in [1.82, 2.24) is 9.55 Å². The van der Waals surface area contributed by atoms with E-state index in [-0.39, 0.29) is 11.6 Å². The third-order valence-corrected chi connectivity index (χ3v) is 5.77. The molecule has 0 bridgehead atoms. The van der Waals surface area contributed by atoms with E-state index in [0.717, 1.165) is 31.2 Å². The number of carboxylic acid groups (broad SMARTS) is 1. The molecule has 0 unspecified atom stereocenters. The molecule has 31 heavy (non-hydrogen) atoms. The average Bonchev–Trinajstić information content (AvgIpc) is 3.20. The predicted molar refractivity (Wildman–Crippen MR) is 125 cm³/mol. The van der Waals surface area contributed by atoms with Crippen LogP contribution in [-0.2, 0) is 12.8 Å². The monoisotopic (exact) mass is 412 g/mol. The molecule has 4 aromatic rings. The molecule has 158 valence electrons. The lowest BCUT2D eigenvalue weighted by Gasteiger charge is -2.21. The van der Waals surface area contributed by atoms with Gasteiger partial charge in [-0.2, -0.15) is 0 Å². The predicted octanol–water partition coefficient (Wildman–Crippen LogP) is 6.28. The number of fused-ring (bicyclic) bond motifs is 1. The van der Waals surface area contributed by atoms with E-state index < -0.39 is 5.97 Å². The fraction of sp³-hybridized carbons (Fsp3) is 0.259. The highest BCUT2D eigenvalue weighted by Gasteiger charge is 2.19. The van der Waals surface area contributed by atoms with E-state index >= 15 is 0 Å². The molecule has 0 saturated carbocycles. The standard InChI is InChI=1S/C27H28N2O2/c1-3-5-19-7-11-21(12-8-19)26(22-13-9-20(6-4-2)10-14-22)29-18-28-24-17-23(27(30)31)15-16-25(24)29/h7-18,26H,3-6H2,1-2H3,(H,30,31). The van der Waals surface area contributed by atoms with Gasteiger partial charge in [0.15, 0.2) is 0 Å². The van der Waals surface area contributed by atoms with Crippen molar-refractivity contribution in [2.75, 3.05) is 0 Å². The molecular weight excluding hydrogens is 384 g/mol. The number of nitrogens with zero attached hydrogens (tertiary/aromatic N) is 2. The summed E-state index contributed by atoms with van der Waals surface area (Å²) >= 11 is 0. The Bertz CT molecular complexity index is 1120. The third-order valence-electron chi connectivity index (χ3n) is 5.77. The van der Waals surface area contributed by atoms with Gasteiger partial charge in [0.25, 0.3) is 0 Å². The Kier molecular flexibility index (Phi) is 6.17. The van der Waals surface area contributed by atoms with E-state index in [1.807, 2.05) is 12.4 Å². The first kappa shape index (κ1) is 20.9. The van der Waals surface area contributed by atoms with Crippen molar-refractivity contribution >= 4 is 17.0 Å². The van der Waals surface area contributed by atoms with Gasteiger partial charge in [-0.1, -0.05) is 75.2 Å². The molecule has 4 nitrogen and oxygen atoms in total. The first-order chi connectivity index (χ1) is 15.1. The smallest absolute Gasteiger partial charge is 0.335 e. The number of carbonyl (C=O) groups is 1. The van der Waals surface area contributed by atoms with Crippen molar-refractivity contribution in [3.05, 3.63) is 101 Å². The van der Waals surface area contributed by atoms with Gasteiger partial charge in [0.05, 0.1) is 29.0 Å². The van der Waals surface area contributed by atoms with Gasteiger partial charge >= 0.3 is 5.97 Å². The summed E-state index contributed by atoms with van der Waals surface area (Å²) in [6.45, 7) is 4.38. The second kappa shape index (κ2) is 9.17. The molecule has 0 amide bonds. The minimum Gasteiger partial charge on any atom is -0.478 e. The number of rotatable bonds is 8. The van der Waals surface area contributed by atoms with E-state index in [9.17, 15) is 9.90 Å². The molecule has 0 spiro atoms. The Hall–Kier alpha value is -3.40. The SMILES string of the molecule is CCCc1ccc(C(c2ccc(CCC)cc2)n2cnc3cc(C(=O)O)ccc32)cc1. The molecule has 0 radical (unpaired) electrons. The molecule has 1 aromatic heterocycles. The average molecular weight is 413 g/mol. The zero-order chi connectivity index (χ0) is 21.8. The van der Waals surface area contributed by atoms with Crippen molar-refractivity contribution in [3.63, 3.8) is 0 Å². The zero-order valence-electron chi connectivity index (χ0n) is 18.1. The molecule has 1 N–H and O–H groups in total. The third kappa shape index (κ3) is 4.38. The Morgan fingerprint density at radius 2 is 1.42 bits per heavy atom. The number of aromatic carboxylic acids is 1. The van der Waals surface area contributed by atoms with Crippen LogP contribution in [0.15, 0.2) is 73.1 Å². The van der Waals surface area contributed by atoms with Crippen LogP contribution >= 0.6 is 0 Å². The van der Waals surface area contributed by atoms with Crippen molar-refractivity contribution in [3.8, 4) is 0 Å². The zero-order valence-corrected chi connectivity index (χ0v) is 18.1. The Labute approximate surface area is 183 Å². The number of benzene rings is 3. The molecular formula is C27H28N2O2. The van der Waals surface area contributed by atoms with Crippen LogP contribution < -0.4 is 0 Å². The van der Waals surface area contributed by atoms with E-state index in [0.29, 0.717) is 5.52 Å². The Balaban J connectivity index is 1.82. The summed E-state index contributed by atoms with van der Waals surface area (Å²) in [6, 6.07) is 22.7. The fourth-order valence-electron chi connectivity index (χ4n) is 4.19. The van der Waals surface area contributed by atoms with E-state index in [2.05, 4.69) is 71.9 Å². The first-order valence-electron chi connectivity index (χ1n) is 11.0. The molecule has 0 aliphatic heterocycles. The van der Waals surface area contributed by atoms with Crippen LogP contribution in [0.2, 0.25) is 0 Å². The highest BCUT2D eigenvalue weighted by atomic mass is 16.4. The van der Waals surface area contributed by atoms with Crippen LogP contribution in [-0.4, -0.2) is 20.6 Å². The number of imidazole rings is 1. The summed E-state index contributed by atoms with van der Waals surface area (Å²) in [4.78, 5) is 15.9. The minimum atomic E-state index is -0.939. The number of hydrogen-bond donors (Lipinski definition) is 1. The summed E-state index contributed by atoms with van der Waals surface area (Å²) in [5.41, 5.74) is 6.91. The topological polar surface area (TPSA) is 55.1 Å². The molecule has 1 heterocycles. The second-order valence-corrected chi connectivity index (χ2v) is 8.05. The maximum absolute atomic E-state index is 11.4. The molecule has 0 atom stereocenters. The Morgan fingerprint density at radius 3 is 1.90 bits per heavy atom. The molecule has 0 aliphatic rings. The van der Waals surface area contributed by atoms with Crippen LogP contribution in [0.3, 0.4) is 0 Å². The van der Waals surface area contributed by atoms with Crippen LogP contribution in [0.25, 0.3) is 11.0 Å². The largest absolute Gasteiger partial charge is 0.478 e. The fourth-order valence-corrected chi connectivity index (χ4v) is 4.19. The summed E-state index contributed by atoms with van der Waals surface area (Å²) < 4.78 is 2.14. The molecule has 0 fully saturated rings. The van der Waals surface area contributed by atoms with Crippen LogP contribution in [0.4, 0.5) is 0 Å². The van der Waals surface area contributed by atoms with Gasteiger partial charge in [0, 0.05) is 0 Å². The lowest BCUT2D eigenvalue weighted by atomic mass is 9.95. The molecule has 0 saturated heterocycles. The van der Waals surface area contributed by atoms with Crippen LogP contribution in [0, 0.1) is 0 Å².